The topological polar surface area (TPSA) is 50.2 Å². The number of carbonyl (C=O) groups excluding carboxylic acids is 1. The summed E-state index contributed by atoms with van der Waals surface area (Å²) in [6.45, 7) is 17.0. The van der Waals surface area contributed by atoms with E-state index in [4.69, 9.17) is 4.98 Å². The first-order valence-electron chi connectivity index (χ1n) is 14.8. The Kier molecular flexibility index (Phi) is 11.1. The molecule has 0 atom stereocenters. The van der Waals surface area contributed by atoms with E-state index in [1.165, 1.54) is 50.2 Å². The largest absolute Gasteiger partial charge is 0.512 e. The van der Waals surface area contributed by atoms with Crippen molar-refractivity contribution >= 4 is 16.6 Å². The van der Waals surface area contributed by atoms with Crippen LogP contribution in [0.1, 0.15) is 72.4 Å². The molecular formula is C38H44IrNO2-. The summed E-state index contributed by atoms with van der Waals surface area (Å²) >= 11 is 0. The van der Waals surface area contributed by atoms with Crippen molar-refractivity contribution in [3.63, 3.8) is 0 Å². The van der Waals surface area contributed by atoms with Gasteiger partial charge in [-0.25, -0.2) is 0 Å². The third-order valence-electron chi connectivity index (χ3n) is 7.04. The molecule has 0 unspecified atom stereocenters. The van der Waals surface area contributed by atoms with E-state index < -0.39 is 0 Å². The zero-order valence-electron chi connectivity index (χ0n) is 26.3. The van der Waals surface area contributed by atoms with Crippen LogP contribution in [0.5, 0.6) is 0 Å². The maximum absolute atomic E-state index is 11.2. The van der Waals surface area contributed by atoms with Crippen LogP contribution in [0.25, 0.3) is 44.3 Å². The van der Waals surface area contributed by atoms with Crippen LogP contribution < -0.4 is 0 Å². The van der Waals surface area contributed by atoms with Gasteiger partial charge in [0.2, 0.25) is 0 Å². The van der Waals surface area contributed by atoms with Gasteiger partial charge in [-0.15, -0.1) is 29.3 Å². The van der Waals surface area contributed by atoms with E-state index in [9.17, 15) is 9.90 Å². The second kappa shape index (κ2) is 13.9. The molecule has 42 heavy (non-hydrogen) atoms. The van der Waals surface area contributed by atoms with E-state index in [0.717, 1.165) is 17.7 Å². The molecule has 0 fully saturated rings. The van der Waals surface area contributed by atoms with Gasteiger partial charge in [-0.05, 0) is 62.9 Å². The van der Waals surface area contributed by atoms with Crippen LogP contribution in [0, 0.1) is 30.2 Å². The minimum Gasteiger partial charge on any atom is -0.512 e. The van der Waals surface area contributed by atoms with Gasteiger partial charge in [0, 0.05) is 45.2 Å². The number of aryl methyl sites for hydroxylation is 1. The summed E-state index contributed by atoms with van der Waals surface area (Å²) in [6.07, 6.45) is 5.45. The molecular weight excluding hydrogens is 695 g/mol. The molecule has 1 N–H and O–H groups in total. The molecule has 0 bridgehead atoms. The van der Waals surface area contributed by atoms with Gasteiger partial charge in [-0.2, -0.15) is 0 Å². The number of nitrogens with zero attached hydrogens (tertiary/aromatic N) is 1. The van der Waals surface area contributed by atoms with E-state index in [1.807, 2.05) is 33.9 Å². The molecule has 3 nitrogen and oxygen atoms in total. The number of allylic oxidation sites excluding steroid dienone is 2. The van der Waals surface area contributed by atoms with Crippen molar-refractivity contribution in [3.05, 3.63) is 89.8 Å². The zero-order valence-corrected chi connectivity index (χ0v) is 28.7. The van der Waals surface area contributed by atoms with Crippen LogP contribution >= 0.6 is 0 Å². The number of aliphatic hydroxyl groups excluding tert-OH is 1. The Hall–Kier alpha value is -3.07. The smallest absolute Gasteiger partial charge is 0.159 e. The van der Waals surface area contributed by atoms with Gasteiger partial charge in [0.15, 0.2) is 5.78 Å². The molecule has 0 saturated heterocycles. The molecule has 1 aliphatic carbocycles. The Morgan fingerprint density at radius 3 is 2.19 bits per heavy atom. The molecule has 0 spiro atoms. The molecule has 1 radical (unpaired) electrons. The van der Waals surface area contributed by atoms with Gasteiger partial charge in [-0.1, -0.05) is 103 Å². The Morgan fingerprint density at radius 2 is 1.57 bits per heavy atom. The van der Waals surface area contributed by atoms with E-state index >= 15 is 0 Å². The molecule has 5 rings (SSSR count). The predicted octanol–water partition coefficient (Wildman–Crippen LogP) is 10.3. The van der Waals surface area contributed by atoms with Gasteiger partial charge < -0.3 is 10.1 Å². The monoisotopic (exact) mass is 739 g/mol. The van der Waals surface area contributed by atoms with Crippen LogP contribution in [0.4, 0.5) is 0 Å². The average Bonchev–Trinajstić information content (AvgIpc) is 2.97. The number of fused-ring (bicyclic) bond motifs is 5. The summed E-state index contributed by atoms with van der Waals surface area (Å²) in [6, 6.07) is 23.5. The van der Waals surface area contributed by atoms with E-state index in [0.29, 0.717) is 24.7 Å². The van der Waals surface area contributed by atoms with Crippen LogP contribution in [-0.2, 0) is 31.3 Å². The molecule has 223 valence electrons. The SMILES string of the molecule is CC(C)CC(=O)/C=C(\O)CC(C)C.Cc1c[c-]c2c(c1)-c1ccccc1-c1cc(CC(C)(C)C)cc3ccnc-2c13.[Ir]. The number of aromatic nitrogens is 1. The van der Waals surface area contributed by atoms with Gasteiger partial charge in [-0.3, -0.25) is 4.79 Å². The summed E-state index contributed by atoms with van der Waals surface area (Å²) in [5.74, 6) is 0.979. The van der Waals surface area contributed by atoms with E-state index in [-0.39, 0.29) is 37.1 Å². The predicted molar refractivity (Wildman–Crippen MR) is 173 cm³/mol. The van der Waals surface area contributed by atoms with Crippen molar-refractivity contribution in [2.45, 2.75) is 74.7 Å². The van der Waals surface area contributed by atoms with Crippen LogP contribution in [0.15, 0.2) is 72.6 Å². The standard InChI is InChI=1S/C27H24N.C11H20O2.Ir/c1-17-9-10-22-23(13-17)20-7-5-6-8-21(20)24-15-18(16-27(2,3)4)14-19-11-12-28-26(22)25(19)24;1-8(2)5-10(12)7-11(13)6-9(3)4;/h5-9,11-15H,16H2,1-4H3;7-9,12H,5-6H2,1-4H3;/q-1;;/b;10-7-;. The number of hydrogen-bond donors (Lipinski definition) is 1. The molecule has 4 aromatic rings. The second-order valence-corrected chi connectivity index (χ2v) is 13.4. The van der Waals surface area contributed by atoms with Gasteiger partial charge in [0.1, 0.15) is 0 Å². The number of benzene rings is 3. The summed E-state index contributed by atoms with van der Waals surface area (Å²) < 4.78 is 0. The summed E-state index contributed by atoms with van der Waals surface area (Å²) in [7, 11) is 0. The van der Waals surface area contributed by atoms with Crippen LogP contribution in [0.3, 0.4) is 0 Å². The molecule has 3 aromatic carbocycles. The minimum atomic E-state index is 0. The number of pyridine rings is 1. The van der Waals surface area contributed by atoms with E-state index in [2.05, 4.69) is 88.4 Å². The van der Waals surface area contributed by atoms with Crippen LogP contribution in [0.2, 0.25) is 0 Å². The Bertz CT molecular complexity index is 1590. The Balaban J connectivity index is 0.000000297. The van der Waals surface area contributed by atoms with Crippen molar-refractivity contribution in [1.82, 2.24) is 4.98 Å². The minimum absolute atomic E-state index is 0. The molecule has 1 heterocycles. The number of aliphatic hydroxyl groups is 1. The molecule has 4 heteroatoms. The van der Waals surface area contributed by atoms with Crippen molar-refractivity contribution in [2.24, 2.45) is 17.3 Å². The number of carbonyl (C=O) groups is 1. The van der Waals surface area contributed by atoms with Gasteiger partial charge in [0.25, 0.3) is 0 Å². The number of rotatable bonds is 6. The van der Waals surface area contributed by atoms with Crippen molar-refractivity contribution in [3.8, 4) is 33.5 Å². The zero-order chi connectivity index (χ0) is 29.9. The molecule has 0 saturated carbocycles. The van der Waals surface area contributed by atoms with Crippen LogP contribution in [-0.4, -0.2) is 15.9 Å². The number of hydrogen-bond acceptors (Lipinski definition) is 3. The fourth-order valence-corrected chi connectivity index (χ4v) is 5.59. The molecule has 0 amide bonds. The average molecular weight is 739 g/mol. The maximum atomic E-state index is 11.2. The van der Waals surface area contributed by atoms with Gasteiger partial charge in [0.05, 0.1) is 5.76 Å². The second-order valence-electron chi connectivity index (χ2n) is 13.4. The van der Waals surface area contributed by atoms with Crippen molar-refractivity contribution in [2.75, 3.05) is 0 Å². The Morgan fingerprint density at radius 1 is 0.929 bits per heavy atom. The first kappa shape index (κ1) is 33.4. The quantitative estimate of drug-likeness (QED) is 0.107. The first-order valence-corrected chi connectivity index (χ1v) is 14.8. The van der Waals surface area contributed by atoms with Crippen molar-refractivity contribution in [1.29, 1.82) is 0 Å². The molecule has 1 aliphatic rings. The first-order chi connectivity index (χ1) is 19.3. The Labute approximate surface area is 265 Å². The summed E-state index contributed by atoms with van der Waals surface area (Å²) in [4.78, 5) is 16.0. The van der Waals surface area contributed by atoms with Gasteiger partial charge >= 0.3 is 0 Å². The fourth-order valence-electron chi connectivity index (χ4n) is 5.59. The fraction of sp³-hybridized carbons (Fsp3) is 0.368. The number of ketones is 1. The molecule has 0 aliphatic heterocycles. The summed E-state index contributed by atoms with van der Waals surface area (Å²) in [5.41, 5.74) is 10.1. The summed E-state index contributed by atoms with van der Waals surface area (Å²) in [5, 5.41) is 11.8. The molecule has 1 aromatic heterocycles. The van der Waals surface area contributed by atoms with E-state index in [1.54, 1.807) is 0 Å². The third-order valence-corrected chi connectivity index (χ3v) is 7.04. The maximum Gasteiger partial charge on any atom is 0.159 e. The normalized spacial score (nSPS) is 12.2. The third kappa shape index (κ3) is 8.27. The van der Waals surface area contributed by atoms with Crippen molar-refractivity contribution < 1.29 is 30.0 Å².